The molecule has 11 nitrogen and oxygen atoms in total. The van der Waals surface area contributed by atoms with Gasteiger partial charge in [-0.05, 0) is 133 Å². The number of benzene rings is 12. The summed E-state index contributed by atoms with van der Waals surface area (Å²) < 4.78 is 19.3. The number of aromatic nitrogens is 7. The molecule has 7 aromatic heterocycles. The fourth-order valence-electron chi connectivity index (χ4n) is 16.7. The lowest BCUT2D eigenvalue weighted by Crippen LogP contribution is -2.32. The van der Waals surface area contributed by atoms with Gasteiger partial charge in [0.1, 0.15) is 11.5 Å². The van der Waals surface area contributed by atoms with Crippen LogP contribution in [0.3, 0.4) is 0 Å². The van der Waals surface area contributed by atoms with Crippen molar-refractivity contribution in [2.75, 3.05) is 0 Å². The van der Waals surface area contributed by atoms with E-state index in [4.69, 9.17) is 14.7 Å². The largest absolute Gasteiger partial charge is 0.457 e. The predicted octanol–water partition coefficient (Wildman–Crippen LogP) is 20.0. The van der Waals surface area contributed by atoms with E-state index < -0.39 is 5.41 Å². The summed E-state index contributed by atoms with van der Waals surface area (Å²) in [7, 11) is 0. The van der Waals surface area contributed by atoms with E-state index in [0.717, 1.165) is 171 Å². The summed E-state index contributed by atoms with van der Waals surface area (Å²) in [6, 6.07) is 101. The Morgan fingerprint density at radius 2 is 0.536 bits per heavy atom. The number of nitrogens with zero attached hydrogens (tertiary/aromatic N) is 10. The SMILES string of the molecule is N#Cc1ccc2c(c1)c1ccccc1n2-c1cnc2c(c1)C1(c3ccc(-n4c5ccccc5c5ccccc54)cc3Oc3cc(-n4c5ccccc5c5cc(-n6c7ccc(C#N)cc7c7cc(C#N)ccc76)ccc54)ccc31)c1cc(-n3c4ccccc4c4ccccc43)cnc1-2. The van der Waals surface area contributed by atoms with Crippen LogP contribution in [0.4, 0.5) is 0 Å². The molecule has 0 N–H and O–H groups in total. The zero-order chi connectivity index (χ0) is 63.9. The van der Waals surface area contributed by atoms with Crippen LogP contribution in [-0.2, 0) is 5.41 Å². The Labute approximate surface area is 552 Å². The molecule has 11 heteroatoms. The van der Waals surface area contributed by atoms with Gasteiger partial charge >= 0.3 is 0 Å². The lowest BCUT2D eigenvalue weighted by atomic mass is 9.66. The molecular weight excluding hydrogens is 1190 g/mol. The second-order valence-electron chi connectivity index (χ2n) is 25.4. The van der Waals surface area contributed by atoms with Gasteiger partial charge in [0.15, 0.2) is 0 Å². The molecule has 2 aliphatic rings. The molecule has 97 heavy (non-hydrogen) atoms. The average molecular weight is 1240 g/mol. The summed E-state index contributed by atoms with van der Waals surface area (Å²) in [5, 5.41) is 40.9. The van der Waals surface area contributed by atoms with Crippen LogP contribution in [0.2, 0.25) is 0 Å². The molecule has 1 unspecified atom stereocenters. The minimum atomic E-state index is -1.09. The molecule has 0 fully saturated rings. The molecule has 0 radical (unpaired) electrons. The summed E-state index contributed by atoms with van der Waals surface area (Å²) in [6.45, 7) is 0. The molecule has 0 bridgehead atoms. The Bertz CT molecular complexity index is 6750. The highest BCUT2D eigenvalue weighted by molar-refractivity contribution is 6.15. The lowest BCUT2D eigenvalue weighted by Gasteiger charge is -2.39. The number of hydrogen-bond acceptors (Lipinski definition) is 6. The van der Waals surface area contributed by atoms with Gasteiger partial charge in [-0.15, -0.1) is 0 Å². The number of rotatable bonds is 5. The first-order chi connectivity index (χ1) is 47.9. The molecule has 0 amide bonds. The topological polar surface area (TPSA) is 131 Å². The van der Waals surface area contributed by atoms with Crippen LogP contribution in [0.1, 0.15) is 38.9 Å². The van der Waals surface area contributed by atoms with E-state index in [1.54, 1.807) is 0 Å². The van der Waals surface area contributed by atoms with Crippen LogP contribution in [-0.4, -0.2) is 32.8 Å². The molecule has 0 saturated carbocycles. The maximum atomic E-state index is 10.2. The number of para-hydroxylation sites is 6. The first kappa shape index (κ1) is 52.8. The molecule has 19 aromatic rings. The summed E-state index contributed by atoms with van der Waals surface area (Å²) in [4.78, 5) is 11.2. The van der Waals surface area contributed by atoms with Crippen molar-refractivity contribution < 1.29 is 4.74 Å². The molecule has 1 atom stereocenters. The van der Waals surface area contributed by atoms with Crippen LogP contribution < -0.4 is 4.74 Å². The predicted molar refractivity (Wildman–Crippen MR) is 385 cm³/mol. The van der Waals surface area contributed by atoms with Crippen molar-refractivity contribution in [1.82, 2.24) is 32.8 Å². The Balaban J connectivity index is 0.846. The van der Waals surface area contributed by atoms with Crippen molar-refractivity contribution in [2.45, 2.75) is 5.41 Å². The number of nitriles is 3. The first-order valence-electron chi connectivity index (χ1n) is 32.3. The molecular formula is C86H46N10O. The summed E-state index contributed by atoms with van der Waals surface area (Å²) in [5.41, 5.74) is 20.7. The second kappa shape index (κ2) is 19.4. The molecule has 1 spiro atoms. The molecule has 8 heterocycles. The van der Waals surface area contributed by atoms with E-state index in [9.17, 15) is 15.8 Å². The number of fused-ring (bicyclic) bond motifs is 24. The molecule has 446 valence electrons. The quantitative estimate of drug-likeness (QED) is 0.169. The van der Waals surface area contributed by atoms with Gasteiger partial charge in [-0.3, -0.25) is 9.97 Å². The highest BCUT2D eigenvalue weighted by Gasteiger charge is 2.53. The summed E-state index contributed by atoms with van der Waals surface area (Å²) in [6.07, 6.45) is 3.99. The summed E-state index contributed by atoms with van der Waals surface area (Å²) >= 11 is 0. The highest BCUT2D eigenvalue weighted by Crippen LogP contribution is 2.63. The van der Waals surface area contributed by atoms with E-state index in [0.29, 0.717) is 28.2 Å². The Kier molecular flexibility index (Phi) is 10.6. The van der Waals surface area contributed by atoms with Crippen LogP contribution in [0.25, 0.3) is 149 Å². The highest BCUT2D eigenvalue weighted by atomic mass is 16.5. The van der Waals surface area contributed by atoms with Gasteiger partial charge in [-0.25, -0.2) is 0 Å². The van der Waals surface area contributed by atoms with Crippen molar-refractivity contribution in [3.63, 3.8) is 0 Å². The van der Waals surface area contributed by atoms with Gasteiger partial charge in [0.2, 0.25) is 0 Å². The molecule has 21 rings (SSSR count). The Morgan fingerprint density at radius 1 is 0.258 bits per heavy atom. The van der Waals surface area contributed by atoms with Gasteiger partial charge in [0.05, 0.1) is 131 Å². The van der Waals surface area contributed by atoms with E-state index in [-0.39, 0.29) is 0 Å². The van der Waals surface area contributed by atoms with Crippen molar-refractivity contribution in [3.8, 4) is 69.5 Å². The molecule has 1 aliphatic carbocycles. The number of ether oxygens (including phenoxy) is 1. The van der Waals surface area contributed by atoms with Crippen molar-refractivity contribution in [3.05, 3.63) is 318 Å². The van der Waals surface area contributed by atoms with Crippen LogP contribution in [0.15, 0.2) is 279 Å². The fourth-order valence-corrected chi connectivity index (χ4v) is 16.7. The Hall–Kier alpha value is -13.8. The molecule has 0 saturated heterocycles. The van der Waals surface area contributed by atoms with Gasteiger partial charge in [0, 0.05) is 105 Å². The first-order valence-corrected chi connectivity index (χ1v) is 32.3. The van der Waals surface area contributed by atoms with Crippen LogP contribution in [0, 0.1) is 34.0 Å². The van der Waals surface area contributed by atoms with E-state index >= 15 is 0 Å². The zero-order valence-electron chi connectivity index (χ0n) is 51.4. The smallest absolute Gasteiger partial charge is 0.134 e. The van der Waals surface area contributed by atoms with E-state index in [1.807, 2.05) is 60.9 Å². The standard InChI is InChI=1S/C86H46N10O/c87-45-50-25-33-78-64(37-50)62-17-5-12-24-77(62)96(78)57-42-71-85(91-49-57)84-70(41-56(48-90-84)95-74-21-9-3-15-60(74)61-16-4-10-22-75(61)95)86(71)68-31-28-54(93-72-19-7-1-13-58(72)59-14-2-8-20-73(59)93)43-82(68)97-83-44-55(29-32-69(83)86)94-76-23-11-6-18-63(76)67-40-53(30-36-81(67)94)92-79-34-26-51(46-88)38-65(79)66-39-52(47-89)27-35-80(66)92/h1-44,48-49H. The van der Waals surface area contributed by atoms with Crippen LogP contribution >= 0.6 is 0 Å². The van der Waals surface area contributed by atoms with Gasteiger partial charge in [-0.2, -0.15) is 15.8 Å². The zero-order valence-corrected chi connectivity index (χ0v) is 51.4. The maximum absolute atomic E-state index is 10.2. The minimum Gasteiger partial charge on any atom is -0.457 e. The number of hydrogen-bond donors (Lipinski definition) is 0. The van der Waals surface area contributed by atoms with Gasteiger partial charge in [-0.1, -0.05) is 121 Å². The molecule has 12 aromatic carbocycles. The van der Waals surface area contributed by atoms with Crippen LogP contribution in [0.5, 0.6) is 11.5 Å². The Morgan fingerprint density at radius 3 is 0.897 bits per heavy atom. The third-order valence-corrected chi connectivity index (χ3v) is 20.7. The van der Waals surface area contributed by atoms with Gasteiger partial charge in [0.25, 0.3) is 0 Å². The fraction of sp³-hybridized carbons (Fsp3) is 0.0116. The van der Waals surface area contributed by atoms with Gasteiger partial charge < -0.3 is 27.6 Å². The van der Waals surface area contributed by atoms with E-state index in [2.05, 4.69) is 259 Å². The average Bonchev–Trinajstić information content (AvgIpc) is 1.56. The summed E-state index contributed by atoms with van der Waals surface area (Å²) in [5.74, 6) is 1.37. The minimum absolute atomic E-state index is 0.555. The third kappa shape index (κ3) is 7.03. The lowest BCUT2D eigenvalue weighted by molar-refractivity contribution is 0.436. The second-order valence-corrected chi connectivity index (χ2v) is 25.4. The molecule has 1 aliphatic heterocycles. The number of pyridine rings is 2. The normalized spacial score (nSPS) is 13.9. The maximum Gasteiger partial charge on any atom is 0.134 e. The third-order valence-electron chi connectivity index (χ3n) is 20.7. The van der Waals surface area contributed by atoms with Crippen molar-refractivity contribution in [1.29, 1.82) is 15.8 Å². The van der Waals surface area contributed by atoms with Crippen molar-refractivity contribution >= 4 is 109 Å². The van der Waals surface area contributed by atoms with E-state index in [1.165, 1.54) is 0 Å². The monoisotopic (exact) mass is 1230 g/mol. The van der Waals surface area contributed by atoms with Crippen molar-refractivity contribution in [2.24, 2.45) is 0 Å².